The van der Waals surface area contributed by atoms with E-state index in [1.807, 2.05) is 48.8 Å². The van der Waals surface area contributed by atoms with Crippen LogP contribution in [0, 0.1) is 0 Å². The molecule has 1 aliphatic rings. The SMILES string of the molecule is C1=CC(c2nc3c(nc4ccccn43)c3ccccc23)=CC(c2cccc(-c3cccnc3)n2)C1. The van der Waals surface area contributed by atoms with Gasteiger partial charge < -0.3 is 0 Å². The van der Waals surface area contributed by atoms with Crippen molar-refractivity contribution in [3.63, 3.8) is 0 Å². The molecule has 5 heterocycles. The summed E-state index contributed by atoms with van der Waals surface area (Å²) in [7, 11) is 0. The second-order valence-corrected chi connectivity index (χ2v) is 8.77. The third-order valence-electron chi connectivity index (χ3n) is 6.61. The predicted octanol–water partition coefficient (Wildman–Crippen LogP) is 6.62. The van der Waals surface area contributed by atoms with Crippen LogP contribution in [0.25, 0.3) is 44.4 Å². The fourth-order valence-corrected chi connectivity index (χ4v) is 4.93. The first-order valence-corrected chi connectivity index (χ1v) is 11.8. The Kier molecular flexibility index (Phi) is 4.52. The number of fused-ring (bicyclic) bond motifs is 5. The van der Waals surface area contributed by atoms with E-state index in [-0.39, 0.29) is 5.92 Å². The maximum atomic E-state index is 5.16. The van der Waals surface area contributed by atoms with Crippen molar-refractivity contribution >= 4 is 33.2 Å². The standard InChI is InChI=1S/C30H21N5/c1-2-12-24-23(11-1)28(34-30-29(24)33-27-15-3-4-17-35(27)30)21-9-5-8-20(18-21)25-13-6-14-26(32-25)22-10-7-16-31-19-22/h1-7,9-20H,8H2. The fourth-order valence-electron chi connectivity index (χ4n) is 4.93. The number of nitrogens with zero attached hydrogens (tertiary/aromatic N) is 5. The second-order valence-electron chi connectivity index (χ2n) is 8.77. The van der Waals surface area contributed by atoms with Gasteiger partial charge in [0.25, 0.3) is 0 Å². The van der Waals surface area contributed by atoms with Gasteiger partial charge in [0, 0.05) is 46.5 Å². The van der Waals surface area contributed by atoms with Gasteiger partial charge in [0.2, 0.25) is 0 Å². The summed E-state index contributed by atoms with van der Waals surface area (Å²) >= 11 is 0. The maximum absolute atomic E-state index is 5.16. The van der Waals surface area contributed by atoms with E-state index in [1.165, 1.54) is 0 Å². The van der Waals surface area contributed by atoms with E-state index >= 15 is 0 Å². The molecule has 6 aromatic rings. The Morgan fingerprint density at radius 1 is 0.800 bits per heavy atom. The molecular weight excluding hydrogens is 430 g/mol. The van der Waals surface area contributed by atoms with Gasteiger partial charge in [0.05, 0.1) is 11.4 Å². The molecule has 0 saturated heterocycles. The molecule has 7 rings (SSSR count). The lowest BCUT2D eigenvalue weighted by Crippen LogP contribution is -2.04. The third-order valence-corrected chi connectivity index (χ3v) is 6.61. The highest BCUT2D eigenvalue weighted by molar-refractivity contribution is 6.08. The van der Waals surface area contributed by atoms with Crippen LogP contribution in [0.1, 0.15) is 23.7 Å². The minimum absolute atomic E-state index is 0.171. The number of imidazole rings is 1. The molecule has 1 aliphatic carbocycles. The molecule has 1 atom stereocenters. The van der Waals surface area contributed by atoms with Gasteiger partial charge >= 0.3 is 0 Å². The molecule has 0 radical (unpaired) electrons. The Hall–Kier alpha value is -4.64. The van der Waals surface area contributed by atoms with Crippen molar-refractivity contribution in [1.82, 2.24) is 24.3 Å². The average molecular weight is 452 g/mol. The first kappa shape index (κ1) is 19.8. The first-order chi connectivity index (χ1) is 17.3. The molecule has 0 bridgehead atoms. The molecule has 0 saturated carbocycles. The molecule has 5 aromatic heterocycles. The molecule has 5 heteroatoms. The summed E-state index contributed by atoms with van der Waals surface area (Å²) < 4.78 is 2.06. The summed E-state index contributed by atoms with van der Waals surface area (Å²) in [4.78, 5) is 19.3. The molecule has 166 valence electrons. The van der Waals surface area contributed by atoms with Crippen molar-refractivity contribution in [2.45, 2.75) is 12.3 Å². The van der Waals surface area contributed by atoms with E-state index in [0.29, 0.717) is 0 Å². The summed E-state index contributed by atoms with van der Waals surface area (Å²) in [5, 5.41) is 2.22. The van der Waals surface area contributed by atoms with Gasteiger partial charge in [-0.25, -0.2) is 9.97 Å². The van der Waals surface area contributed by atoms with Crippen LogP contribution in [0.15, 0.2) is 110 Å². The molecule has 0 aliphatic heterocycles. The largest absolute Gasteiger partial charge is 0.284 e. The Morgan fingerprint density at radius 3 is 2.63 bits per heavy atom. The van der Waals surface area contributed by atoms with Crippen LogP contribution in [-0.2, 0) is 0 Å². The molecule has 0 fully saturated rings. The van der Waals surface area contributed by atoms with E-state index in [4.69, 9.17) is 15.0 Å². The molecule has 1 aromatic carbocycles. The molecule has 5 nitrogen and oxygen atoms in total. The monoisotopic (exact) mass is 451 g/mol. The molecule has 1 unspecified atom stereocenters. The first-order valence-electron chi connectivity index (χ1n) is 11.8. The van der Waals surface area contributed by atoms with Crippen LogP contribution in [-0.4, -0.2) is 24.3 Å². The van der Waals surface area contributed by atoms with Crippen LogP contribution >= 0.6 is 0 Å². The summed E-state index contributed by atoms with van der Waals surface area (Å²) in [5.41, 5.74) is 7.81. The Bertz CT molecular complexity index is 1780. The van der Waals surface area contributed by atoms with Crippen molar-refractivity contribution in [2.75, 3.05) is 0 Å². The quantitative estimate of drug-likeness (QED) is 0.303. The lowest BCUT2D eigenvalue weighted by Gasteiger charge is -2.18. The van der Waals surface area contributed by atoms with Crippen molar-refractivity contribution in [3.05, 3.63) is 121 Å². The van der Waals surface area contributed by atoms with Gasteiger partial charge in [-0.05, 0) is 48.4 Å². The van der Waals surface area contributed by atoms with Crippen molar-refractivity contribution in [3.8, 4) is 11.3 Å². The maximum Gasteiger partial charge on any atom is 0.165 e. The van der Waals surface area contributed by atoms with Gasteiger partial charge in [0.1, 0.15) is 11.2 Å². The summed E-state index contributed by atoms with van der Waals surface area (Å²) in [6, 6.07) is 24.7. The summed E-state index contributed by atoms with van der Waals surface area (Å²) in [6.07, 6.45) is 13.3. The Morgan fingerprint density at radius 2 is 1.71 bits per heavy atom. The number of benzene rings is 1. The van der Waals surface area contributed by atoms with Crippen molar-refractivity contribution < 1.29 is 0 Å². The van der Waals surface area contributed by atoms with Gasteiger partial charge in [-0.15, -0.1) is 0 Å². The van der Waals surface area contributed by atoms with Crippen molar-refractivity contribution in [1.29, 1.82) is 0 Å². The van der Waals surface area contributed by atoms with Crippen LogP contribution < -0.4 is 0 Å². The minimum Gasteiger partial charge on any atom is -0.284 e. The van der Waals surface area contributed by atoms with Gasteiger partial charge in [0.15, 0.2) is 5.65 Å². The normalized spacial score (nSPS) is 15.7. The number of hydrogen-bond donors (Lipinski definition) is 0. The van der Waals surface area contributed by atoms with Crippen LogP contribution in [0.2, 0.25) is 0 Å². The number of hydrogen-bond acceptors (Lipinski definition) is 4. The average Bonchev–Trinajstić information content (AvgIpc) is 3.32. The molecule has 35 heavy (non-hydrogen) atoms. The lowest BCUT2D eigenvalue weighted by atomic mass is 9.90. The van der Waals surface area contributed by atoms with E-state index in [9.17, 15) is 0 Å². The predicted molar refractivity (Wildman–Crippen MR) is 140 cm³/mol. The molecule has 0 N–H and O–H groups in total. The summed E-state index contributed by atoms with van der Waals surface area (Å²) in [5.74, 6) is 0.171. The highest BCUT2D eigenvalue weighted by atomic mass is 15.1. The lowest BCUT2D eigenvalue weighted by molar-refractivity contribution is 0.819. The zero-order valence-electron chi connectivity index (χ0n) is 18.9. The van der Waals surface area contributed by atoms with E-state index in [0.717, 1.165) is 62.2 Å². The van der Waals surface area contributed by atoms with E-state index < -0.39 is 0 Å². The highest BCUT2D eigenvalue weighted by Gasteiger charge is 2.19. The van der Waals surface area contributed by atoms with Gasteiger partial charge in [-0.3, -0.25) is 14.4 Å². The van der Waals surface area contributed by atoms with Gasteiger partial charge in [-0.1, -0.05) is 54.6 Å². The molecule has 0 spiro atoms. The van der Waals surface area contributed by atoms with Crippen LogP contribution in [0.4, 0.5) is 0 Å². The topological polar surface area (TPSA) is 56.0 Å². The minimum atomic E-state index is 0.171. The van der Waals surface area contributed by atoms with E-state index in [1.54, 1.807) is 6.20 Å². The molecule has 0 amide bonds. The van der Waals surface area contributed by atoms with E-state index in [2.05, 4.69) is 64.0 Å². The molecular formula is C30H21N5. The number of rotatable bonds is 3. The Balaban J connectivity index is 1.38. The smallest absolute Gasteiger partial charge is 0.165 e. The summed E-state index contributed by atoms with van der Waals surface area (Å²) in [6.45, 7) is 0. The number of aromatic nitrogens is 5. The van der Waals surface area contributed by atoms with Crippen molar-refractivity contribution in [2.24, 2.45) is 0 Å². The Labute approximate surface area is 202 Å². The fraction of sp³-hybridized carbons (Fsp3) is 0.0667. The highest BCUT2D eigenvalue weighted by Crippen LogP contribution is 2.35. The van der Waals surface area contributed by atoms with Gasteiger partial charge in [-0.2, -0.15) is 0 Å². The number of pyridine rings is 4. The zero-order chi connectivity index (χ0) is 23.2. The zero-order valence-corrected chi connectivity index (χ0v) is 18.9. The third kappa shape index (κ3) is 3.32. The second kappa shape index (κ2) is 7.99. The number of allylic oxidation sites excluding steroid dienone is 4. The van der Waals surface area contributed by atoms with Crippen LogP contribution in [0.5, 0.6) is 0 Å². The van der Waals surface area contributed by atoms with Crippen LogP contribution in [0.3, 0.4) is 0 Å².